The number of ether oxygens (including phenoxy) is 2. The van der Waals surface area contributed by atoms with Crippen molar-refractivity contribution < 1.29 is 14.6 Å². The largest absolute Gasteiger partial charge is 0.493 e. The van der Waals surface area contributed by atoms with E-state index in [1.54, 1.807) is 0 Å². The normalized spacial score (nSPS) is 14.7. The smallest absolute Gasteiger partial charge is 0.128 e. The Morgan fingerprint density at radius 2 is 1.95 bits per heavy atom. The number of para-hydroxylation sites is 1. The Morgan fingerprint density at radius 3 is 2.76 bits per heavy atom. The van der Waals surface area contributed by atoms with Gasteiger partial charge in [0.1, 0.15) is 17.6 Å². The number of rotatable bonds is 4. The fourth-order valence-corrected chi connectivity index (χ4v) is 2.67. The lowest BCUT2D eigenvalue weighted by atomic mass is 9.98. The van der Waals surface area contributed by atoms with Crippen LogP contribution in [0.15, 0.2) is 42.5 Å². The van der Waals surface area contributed by atoms with E-state index >= 15 is 0 Å². The molecule has 0 aromatic heterocycles. The van der Waals surface area contributed by atoms with E-state index in [-0.39, 0.29) is 6.10 Å². The zero-order valence-corrected chi connectivity index (χ0v) is 12.4. The van der Waals surface area contributed by atoms with Gasteiger partial charge in [0.2, 0.25) is 0 Å². The Bertz CT molecular complexity index is 634. The maximum atomic E-state index is 10.7. The Kier molecular flexibility index (Phi) is 3.84. The molecule has 1 aliphatic rings. The lowest BCUT2D eigenvalue weighted by Gasteiger charge is -2.17. The van der Waals surface area contributed by atoms with Gasteiger partial charge in [0.15, 0.2) is 0 Å². The standard InChI is InChI=1S/C18H20O3/c1-12(2)21-15-7-3-6-14(11-15)17(19)16-8-4-5-13-9-10-20-18(13)16/h3-8,11-12,17,19H,9-10H2,1-2H3. The van der Waals surface area contributed by atoms with Gasteiger partial charge in [-0.2, -0.15) is 0 Å². The van der Waals surface area contributed by atoms with E-state index in [1.807, 2.05) is 50.2 Å². The summed E-state index contributed by atoms with van der Waals surface area (Å²) in [6, 6.07) is 13.6. The van der Waals surface area contributed by atoms with Crippen LogP contribution in [0.1, 0.15) is 36.6 Å². The zero-order chi connectivity index (χ0) is 14.8. The van der Waals surface area contributed by atoms with Crippen molar-refractivity contribution in [2.45, 2.75) is 32.5 Å². The maximum Gasteiger partial charge on any atom is 0.128 e. The lowest BCUT2D eigenvalue weighted by Crippen LogP contribution is -2.07. The summed E-state index contributed by atoms with van der Waals surface area (Å²) < 4.78 is 11.4. The number of aliphatic hydroxyl groups is 1. The van der Waals surface area contributed by atoms with Crippen LogP contribution >= 0.6 is 0 Å². The molecule has 0 saturated carbocycles. The number of benzene rings is 2. The molecular formula is C18H20O3. The first-order chi connectivity index (χ1) is 10.1. The molecule has 2 aromatic rings. The molecular weight excluding hydrogens is 264 g/mol. The minimum absolute atomic E-state index is 0.113. The molecule has 0 radical (unpaired) electrons. The van der Waals surface area contributed by atoms with Crippen molar-refractivity contribution in [1.29, 1.82) is 0 Å². The minimum atomic E-state index is -0.700. The van der Waals surface area contributed by atoms with E-state index < -0.39 is 6.10 Å². The molecule has 1 heterocycles. The number of fused-ring (bicyclic) bond motifs is 1. The molecule has 0 bridgehead atoms. The van der Waals surface area contributed by atoms with Crippen LogP contribution in [0.2, 0.25) is 0 Å². The van der Waals surface area contributed by atoms with Gasteiger partial charge in [-0.1, -0.05) is 30.3 Å². The molecule has 2 aromatic carbocycles. The number of hydrogen-bond acceptors (Lipinski definition) is 3. The molecule has 3 heteroatoms. The summed E-state index contributed by atoms with van der Waals surface area (Å²) in [6.45, 7) is 4.66. The molecule has 1 atom stereocenters. The van der Waals surface area contributed by atoms with Crippen molar-refractivity contribution in [3.8, 4) is 11.5 Å². The summed E-state index contributed by atoms with van der Waals surface area (Å²) in [6.07, 6.45) is 0.322. The highest BCUT2D eigenvalue weighted by Gasteiger charge is 2.22. The highest BCUT2D eigenvalue weighted by Crippen LogP contribution is 2.36. The number of hydrogen-bond donors (Lipinski definition) is 1. The Balaban J connectivity index is 1.92. The van der Waals surface area contributed by atoms with Crippen molar-refractivity contribution in [2.75, 3.05) is 6.61 Å². The summed E-state index contributed by atoms with van der Waals surface area (Å²) >= 11 is 0. The van der Waals surface area contributed by atoms with Crippen molar-refractivity contribution in [3.63, 3.8) is 0 Å². The third kappa shape index (κ3) is 2.88. The Hall–Kier alpha value is -2.00. The monoisotopic (exact) mass is 284 g/mol. The van der Waals surface area contributed by atoms with E-state index in [4.69, 9.17) is 9.47 Å². The van der Waals surface area contributed by atoms with Gasteiger partial charge >= 0.3 is 0 Å². The first kappa shape index (κ1) is 14.0. The number of aliphatic hydroxyl groups excluding tert-OH is 1. The summed E-state index contributed by atoms with van der Waals surface area (Å²) in [5.74, 6) is 1.61. The first-order valence-electron chi connectivity index (χ1n) is 7.34. The second kappa shape index (κ2) is 5.78. The molecule has 1 N–H and O–H groups in total. The average molecular weight is 284 g/mol. The van der Waals surface area contributed by atoms with E-state index in [0.29, 0.717) is 6.61 Å². The maximum absolute atomic E-state index is 10.7. The molecule has 110 valence electrons. The van der Waals surface area contributed by atoms with Crippen LogP contribution < -0.4 is 9.47 Å². The van der Waals surface area contributed by atoms with Gasteiger partial charge < -0.3 is 14.6 Å². The molecule has 0 fully saturated rings. The van der Waals surface area contributed by atoms with Crippen molar-refractivity contribution in [3.05, 3.63) is 59.2 Å². The first-order valence-corrected chi connectivity index (χ1v) is 7.34. The Labute approximate surface area is 125 Å². The third-order valence-electron chi connectivity index (χ3n) is 3.59. The summed E-state index contributed by atoms with van der Waals surface area (Å²) in [5.41, 5.74) is 2.81. The van der Waals surface area contributed by atoms with E-state index in [9.17, 15) is 5.11 Å². The molecule has 0 saturated heterocycles. The quantitative estimate of drug-likeness (QED) is 0.934. The van der Waals surface area contributed by atoms with Gasteiger partial charge in [-0.25, -0.2) is 0 Å². The fraction of sp³-hybridized carbons (Fsp3) is 0.333. The second-order valence-electron chi connectivity index (χ2n) is 5.58. The fourth-order valence-electron chi connectivity index (χ4n) is 2.67. The van der Waals surface area contributed by atoms with Crippen molar-refractivity contribution in [1.82, 2.24) is 0 Å². The van der Waals surface area contributed by atoms with E-state index in [0.717, 1.165) is 29.0 Å². The van der Waals surface area contributed by atoms with Crippen LogP contribution in [-0.2, 0) is 6.42 Å². The Morgan fingerprint density at radius 1 is 1.14 bits per heavy atom. The molecule has 3 nitrogen and oxygen atoms in total. The van der Waals surface area contributed by atoms with Gasteiger partial charge in [0.25, 0.3) is 0 Å². The van der Waals surface area contributed by atoms with Crippen LogP contribution in [0, 0.1) is 0 Å². The molecule has 21 heavy (non-hydrogen) atoms. The van der Waals surface area contributed by atoms with Crippen LogP contribution in [0.4, 0.5) is 0 Å². The predicted molar refractivity (Wildman–Crippen MR) is 81.9 cm³/mol. The van der Waals surface area contributed by atoms with Gasteiger partial charge in [0.05, 0.1) is 12.7 Å². The predicted octanol–water partition coefficient (Wildman–Crippen LogP) is 3.49. The summed E-state index contributed by atoms with van der Waals surface area (Å²) in [5, 5.41) is 10.7. The lowest BCUT2D eigenvalue weighted by molar-refractivity contribution is 0.210. The average Bonchev–Trinajstić information content (AvgIpc) is 2.94. The summed E-state index contributed by atoms with van der Waals surface area (Å²) in [4.78, 5) is 0. The van der Waals surface area contributed by atoms with E-state index in [2.05, 4.69) is 6.07 Å². The SMILES string of the molecule is CC(C)Oc1cccc(C(O)c2cccc3c2OCC3)c1. The molecule has 0 spiro atoms. The van der Waals surface area contributed by atoms with Crippen LogP contribution in [0.25, 0.3) is 0 Å². The van der Waals surface area contributed by atoms with Crippen LogP contribution in [0.5, 0.6) is 11.5 Å². The van der Waals surface area contributed by atoms with Gasteiger partial charge in [0, 0.05) is 12.0 Å². The van der Waals surface area contributed by atoms with Gasteiger partial charge in [-0.3, -0.25) is 0 Å². The zero-order valence-electron chi connectivity index (χ0n) is 12.4. The molecule has 0 aliphatic carbocycles. The molecule has 1 unspecified atom stereocenters. The van der Waals surface area contributed by atoms with Crippen molar-refractivity contribution >= 4 is 0 Å². The second-order valence-corrected chi connectivity index (χ2v) is 5.58. The highest BCUT2D eigenvalue weighted by atomic mass is 16.5. The highest BCUT2D eigenvalue weighted by molar-refractivity contribution is 5.48. The van der Waals surface area contributed by atoms with Crippen LogP contribution in [0.3, 0.4) is 0 Å². The minimum Gasteiger partial charge on any atom is -0.493 e. The topological polar surface area (TPSA) is 38.7 Å². The van der Waals surface area contributed by atoms with Crippen LogP contribution in [-0.4, -0.2) is 17.8 Å². The molecule has 0 amide bonds. The third-order valence-corrected chi connectivity index (χ3v) is 3.59. The molecule has 3 rings (SSSR count). The summed E-state index contributed by atoms with van der Waals surface area (Å²) in [7, 11) is 0. The molecule has 1 aliphatic heterocycles. The van der Waals surface area contributed by atoms with Gasteiger partial charge in [-0.05, 0) is 37.1 Å². The van der Waals surface area contributed by atoms with Gasteiger partial charge in [-0.15, -0.1) is 0 Å². The van der Waals surface area contributed by atoms with E-state index in [1.165, 1.54) is 5.56 Å². The van der Waals surface area contributed by atoms with Crippen molar-refractivity contribution in [2.24, 2.45) is 0 Å².